The van der Waals surface area contributed by atoms with Gasteiger partial charge in [0.05, 0.1) is 12.6 Å². The maximum atomic E-state index is 13.1. The number of hydrogen-bond acceptors (Lipinski definition) is 4. The Morgan fingerprint density at radius 2 is 1.71 bits per heavy atom. The lowest BCUT2D eigenvalue weighted by Gasteiger charge is -2.45. The first-order chi connectivity index (χ1) is 14.9. The SMILES string of the molecule is CCC[C@H](CNCC(=O)O)N1C(=O)CO[C@@H](c2ccc(Cl)cc2)[C@H]1c1ccc(Cl)cc1. The maximum Gasteiger partial charge on any atom is 0.317 e. The van der Waals surface area contributed by atoms with Gasteiger partial charge >= 0.3 is 5.97 Å². The van der Waals surface area contributed by atoms with Gasteiger partial charge in [-0.2, -0.15) is 0 Å². The molecule has 0 bridgehead atoms. The molecular weight excluding hydrogens is 439 g/mol. The predicted molar refractivity (Wildman–Crippen MR) is 120 cm³/mol. The Labute approximate surface area is 192 Å². The fraction of sp³-hybridized carbons (Fsp3) is 0.391. The fourth-order valence-corrected chi connectivity index (χ4v) is 4.26. The van der Waals surface area contributed by atoms with Gasteiger partial charge in [-0.15, -0.1) is 0 Å². The number of carbonyl (C=O) groups is 2. The standard InChI is InChI=1S/C23H26Cl2N2O4/c1-2-3-19(12-26-13-21(29)30)27-20(28)14-31-23(16-6-10-18(25)11-7-16)22(27)15-4-8-17(24)9-5-15/h4-11,19,22-23,26H,2-3,12-14H2,1H3,(H,29,30)/t19-,22-,23+/m1/s1. The van der Waals surface area contributed by atoms with Crippen molar-refractivity contribution in [1.29, 1.82) is 0 Å². The Morgan fingerprint density at radius 3 is 2.26 bits per heavy atom. The number of nitrogens with one attached hydrogen (secondary N) is 1. The van der Waals surface area contributed by atoms with E-state index in [0.29, 0.717) is 16.6 Å². The van der Waals surface area contributed by atoms with Crippen LogP contribution in [-0.4, -0.2) is 47.6 Å². The number of aliphatic carboxylic acids is 1. The summed E-state index contributed by atoms with van der Waals surface area (Å²) in [6.07, 6.45) is 1.19. The Kier molecular flexibility index (Phi) is 8.32. The zero-order valence-electron chi connectivity index (χ0n) is 17.3. The van der Waals surface area contributed by atoms with Crippen LogP contribution in [0.5, 0.6) is 0 Å². The third-order valence-corrected chi connectivity index (χ3v) is 5.85. The summed E-state index contributed by atoms with van der Waals surface area (Å²) in [5.41, 5.74) is 1.81. The highest BCUT2D eigenvalue weighted by atomic mass is 35.5. The first-order valence-corrected chi connectivity index (χ1v) is 11.0. The number of carbonyl (C=O) groups excluding carboxylic acids is 1. The molecule has 8 heteroatoms. The largest absolute Gasteiger partial charge is 0.480 e. The van der Waals surface area contributed by atoms with Crippen molar-refractivity contribution in [1.82, 2.24) is 10.2 Å². The summed E-state index contributed by atoms with van der Waals surface area (Å²) in [5, 5.41) is 13.2. The van der Waals surface area contributed by atoms with Crippen molar-refractivity contribution in [2.45, 2.75) is 38.0 Å². The molecule has 1 amide bonds. The van der Waals surface area contributed by atoms with Crippen molar-refractivity contribution in [3.05, 3.63) is 69.7 Å². The molecule has 1 fully saturated rings. The molecule has 2 aromatic carbocycles. The van der Waals surface area contributed by atoms with E-state index in [1.807, 2.05) is 36.1 Å². The molecule has 1 aliphatic rings. The van der Waals surface area contributed by atoms with E-state index in [9.17, 15) is 9.59 Å². The van der Waals surface area contributed by atoms with Crippen LogP contribution < -0.4 is 5.32 Å². The van der Waals surface area contributed by atoms with Gasteiger partial charge in [-0.05, 0) is 41.8 Å². The van der Waals surface area contributed by atoms with Gasteiger partial charge in [-0.1, -0.05) is 60.8 Å². The zero-order chi connectivity index (χ0) is 22.4. The van der Waals surface area contributed by atoms with E-state index in [-0.39, 0.29) is 31.1 Å². The second-order valence-corrected chi connectivity index (χ2v) is 8.42. The number of hydrogen-bond donors (Lipinski definition) is 2. The van der Waals surface area contributed by atoms with E-state index in [0.717, 1.165) is 24.0 Å². The van der Waals surface area contributed by atoms with Gasteiger partial charge in [0.25, 0.3) is 0 Å². The molecule has 31 heavy (non-hydrogen) atoms. The van der Waals surface area contributed by atoms with Crippen molar-refractivity contribution in [2.75, 3.05) is 19.7 Å². The van der Waals surface area contributed by atoms with Crippen LogP contribution in [0, 0.1) is 0 Å². The monoisotopic (exact) mass is 464 g/mol. The van der Waals surface area contributed by atoms with Crippen molar-refractivity contribution in [2.24, 2.45) is 0 Å². The van der Waals surface area contributed by atoms with Crippen molar-refractivity contribution >= 4 is 35.1 Å². The first kappa shape index (κ1) is 23.5. The molecule has 2 aromatic rings. The molecule has 0 unspecified atom stereocenters. The zero-order valence-corrected chi connectivity index (χ0v) is 18.8. The second-order valence-electron chi connectivity index (χ2n) is 7.55. The number of halogens is 2. The summed E-state index contributed by atoms with van der Waals surface area (Å²) < 4.78 is 6.03. The lowest BCUT2D eigenvalue weighted by molar-refractivity contribution is -0.163. The average Bonchev–Trinajstić information content (AvgIpc) is 2.74. The van der Waals surface area contributed by atoms with E-state index in [2.05, 4.69) is 5.32 Å². The fourth-order valence-electron chi connectivity index (χ4n) is 4.00. The molecule has 166 valence electrons. The maximum absolute atomic E-state index is 13.1. The lowest BCUT2D eigenvalue weighted by atomic mass is 9.90. The third kappa shape index (κ3) is 5.98. The first-order valence-electron chi connectivity index (χ1n) is 10.3. The number of rotatable bonds is 9. The van der Waals surface area contributed by atoms with Crippen molar-refractivity contribution in [3.8, 4) is 0 Å². The number of nitrogens with zero attached hydrogens (tertiary/aromatic N) is 1. The van der Waals surface area contributed by atoms with Gasteiger partial charge in [-0.25, -0.2) is 0 Å². The third-order valence-electron chi connectivity index (χ3n) is 5.34. The molecule has 1 saturated heterocycles. The number of morpholine rings is 1. The topological polar surface area (TPSA) is 78.9 Å². The van der Waals surface area contributed by atoms with Crippen LogP contribution in [0.25, 0.3) is 0 Å². The number of carboxylic acids is 1. The molecule has 6 nitrogen and oxygen atoms in total. The Hall–Kier alpha value is -2.12. The van der Waals surface area contributed by atoms with Gasteiger partial charge in [-0.3, -0.25) is 9.59 Å². The summed E-state index contributed by atoms with van der Waals surface area (Å²) in [7, 11) is 0. The lowest BCUT2D eigenvalue weighted by Crippen LogP contribution is -2.54. The van der Waals surface area contributed by atoms with Gasteiger partial charge < -0.3 is 20.1 Å². The number of ether oxygens (including phenoxy) is 1. The van der Waals surface area contributed by atoms with Crippen molar-refractivity contribution in [3.63, 3.8) is 0 Å². The molecule has 3 rings (SSSR count). The quantitative estimate of drug-likeness (QED) is 0.571. The second kappa shape index (κ2) is 11.0. The summed E-state index contributed by atoms with van der Waals surface area (Å²) in [6.45, 7) is 2.22. The van der Waals surface area contributed by atoms with Crippen LogP contribution >= 0.6 is 23.2 Å². The van der Waals surface area contributed by atoms with Crippen LogP contribution in [0.15, 0.2) is 48.5 Å². The average molecular weight is 465 g/mol. The molecule has 1 aliphatic heterocycles. The van der Waals surface area contributed by atoms with Gasteiger partial charge in [0.1, 0.15) is 12.7 Å². The highest BCUT2D eigenvalue weighted by Gasteiger charge is 2.41. The van der Waals surface area contributed by atoms with E-state index in [4.69, 9.17) is 33.0 Å². The molecular formula is C23H26Cl2N2O4. The van der Waals surface area contributed by atoms with E-state index >= 15 is 0 Å². The minimum Gasteiger partial charge on any atom is -0.480 e. The molecule has 0 radical (unpaired) electrons. The normalized spacial score (nSPS) is 20.0. The summed E-state index contributed by atoms with van der Waals surface area (Å²) in [4.78, 5) is 25.9. The number of amides is 1. The molecule has 0 spiro atoms. The summed E-state index contributed by atoms with van der Waals surface area (Å²) in [5.74, 6) is -1.06. The summed E-state index contributed by atoms with van der Waals surface area (Å²) in [6, 6.07) is 14.2. The van der Waals surface area contributed by atoms with Gasteiger partial charge in [0, 0.05) is 22.6 Å². The molecule has 0 aromatic heterocycles. The highest BCUT2D eigenvalue weighted by molar-refractivity contribution is 6.30. The Bertz CT molecular complexity index is 889. The van der Waals surface area contributed by atoms with Crippen molar-refractivity contribution < 1.29 is 19.4 Å². The minimum atomic E-state index is -0.933. The van der Waals surface area contributed by atoms with E-state index < -0.39 is 12.1 Å². The van der Waals surface area contributed by atoms with Gasteiger partial charge in [0.15, 0.2) is 0 Å². The molecule has 0 aliphatic carbocycles. The van der Waals surface area contributed by atoms with Gasteiger partial charge in [0.2, 0.25) is 5.91 Å². The van der Waals surface area contributed by atoms with E-state index in [1.54, 1.807) is 24.3 Å². The molecule has 1 heterocycles. The minimum absolute atomic E-state index is 0.0451. The van der Waals surface area contributed by atoms with E-state index in [1.165, 1.54) is 0 Å². The van der Waals surface area contributed by atoms with Crippen LogP contribution in [0.2, 0.25) is 10.0 Å². The number of benzene rings is 2. The van der Waals surface area contributed by atoms with Crippen LogP contribution in [0.3, 0.4) is 0 Å². The number of carboxylic acid groups (broad SMARTS) is 1. The molecule has 2 N–H and O–H groups in total. The highest BCUT2D eigenvalue weighted by Crippen LogP contribution is 2.42. The molecule has 0 saturated carbocycles. The predicted octanol–water partition coefficient (Wildman–Crippen LogP) is 4.48. The smallest absolute Gasteiger partial charge is 0.317 e. The van der Waals surface area contributed by atoms with Crippen LogP contribution in [0.1, 0.15) is 43.0 Å². The van der Waals surface area contributed by atoms with Crippen LogP contribution in [0.4, 0.5) is 0 Å². The Balaban J connectivity index is 2.01. The molecule has 3 atom stereocenters. The summed E-state index contributed by atoms with van der Waals surface area (Å²) >= 11 is 12.2. The Morgan fingerprint density at radius 1 is 1.13 bits per heavy atom. The van der Waals surface area contributed by atoms with Crippen LogP contribution in [-0.2, 0) is 14.3 Å².